The Kier molecular flexibility index (Phi) is 5.19. The Morgan fingerprint density at radius 2 is 1.93 bits per heavy atom. The molecule has 0 amide bonds. The standard InChI is InChI=1S/C10H10N2O.2ClH/c1-13-9-2-3-10-7(5-9)4-8(11)6-12-10;;/h2-6H,11H2,1H3;2*1H. The lowest BCUT2D eigenvalue weighted by molar-refractivity contribution is 0.415. The molecule has 2 N–H and O–H groups in total. The van der Waals surface area contributed by atoms with Crippen LogP contribution in [0.5, 0.6) is 5.75 Å². The molecule has 0 aliphatic rings. The van der Waals surface area contributed by atoms with E-state index in [9.17, 15) is 0 Å². The Hall–Kier alpha value is -1.19. The van der Waals surface area contributed by atoms with Crippen molar-refractivity contribution < 1.29 is 4.74 Å². The van der Waals surface area contributed by atoms with Gasteiger partial charge in [-0.2, -0.15) is 0 Å². The molecule has 0 atom stereocenters. The molecule has 1 heterocycles. The third-order valence-electron chi connectivity index (χ3n) is 1.91. The van der Waals surface area contributed by atoms with Crippen LogP contribution in [0, 0.1) is 0 Å². The molecule has 0 fully saturated rings. The molecule has 1 aromatic carbocycles. The zero-order chi connectivity index (χ0) is 9.26. The predicted octanol–water partition coefficient (Wildman–Crippen LogP) is 2.67. The summed E-state index contributed by atoms with van der Waals surface area (Å²) in [7, 11) is 1.64. The number of aromatic nitrogens is 1. The van der Waals surface area contributed by atoms with Crippen LogP contribution in [0.2, 0.25) is 0 Å². The number of halogens is 2. The van der Waals surface area contributed by atoms with Crippen molar-refractivity contribution in [3.05, 3.63) is 30.5 Å². The molecule has 15 heavy (non-hydrogen) atoms. The van der Waals surface area contributed by atoms with E-state index >= 15 is 0 Å². The normalized spacial score (nSPS) is 8.87. The van der Waals surface area contributed by atoms with Gasteiger partial charge < -0.3 is 10.5 Å². The molecule has 0 aliphatic heterocycles. The van der Waals surface area contributed by atoms with E-state index in [1.165, 1.54) is 0 Å². The summed E-state index contributed by atoms with van der Waals surface area (Å²) in [5, 5.41) is 0.999. The number of anilines is 1. The number of pyridine rings is 1. The van der Waals surface area contributed by atoms with Crippen LogP contribution in [0.1, 0.15) is 0 Å². The summed E-state index contributed by atoms with van der Waals surface area (Å²) in [6, 6.07) is 7.59. The minimum atomic E-state index is 0. The molecule has 0 bridgehead atoms. The van der Waals surface area contributed by atoms with E-state index in [2.05, 4.69) is 4.98 Å². The van der Waals surface area contributed by atoms with Crippen molar-refractivity contribution in [1.29, 1.82) is 0 Å². The highest BCUT2D eigenvalue weighted by Crippen LogP contribution is 2.20. The Balaban J connectivity index is 0.000000980. The van der Waals surface area contributed by atoms with Gasteiger partial charge in [0.1, 0.15) is 5.75 Å². The van der Waals surface area contributed by atoms with Crippen LogP contribution in [0.15, 0.2) is 30.5 Å². The van der Waals surface area contributed by atoms with Gasteiger partial charge in [-0.15, -0.1) is 24.8 Å². The third-order valence-corrected chi connectivity index (χ3v) is 1.91. The molecule has 0 saturated heterocycles. The van der Waals surface area contributed by atoms with Crippen LogP contribution in [0.25, 0.3) is 10.9 Å². The number of ether oxygens (including phenoxy) is 1. The molecule has 0 spiro atoms. The highest BCUT2D eigenvalue weighted by atomic mass is 35.5. The number of nitrogens with two attached hydrogens (primary N) is 1. The second-order valence-electron chi connectivity index (χ2n) is 2.83. The van der Waals surface area contributed by atoms with E-state index < -0.39 is 0 Å². The number of hydrogen-bond acceptors (Lipinski definition) is 3. The first-order valence-electron chi connectivity index (χ1n) is 3.99. The lowest BCUT2D eigenvalue weighted by Gasteiger charge is -2.01. The van der Waals surface area contributed by atoms with Gasteiger partial charge in [0, 0.05) is 5.39 Å². The number of fused-ring (bicyclic) bond motifs is 1. The predicted molar refractivity (Wildman–Crippen MR) is 67.2 cm³/mol. The molecular weight excluding hydrogens is 235 g/mol. The molecule has 0 unspecified atom stereocenters. The number of nitrogen functional groups attached to an aromatic ring is 1. The zero-order valence-corrected chi connectivity index (χ0v) is 9.77. The van der Waals surface area contributed by atoms with E-state index in [0.29, 0.717) is 5.69 Å². The van der Waals surface area contributed by atoms with Gasteiger partial charge in [0.05, 0.1) is 24.5 Å². The van der Waals surface area contributed by atoms with Gasteiger partial charge in [-0.25, -0.2) is 0 Å². The van der Waals surface area contributed by atoms with Crippen LogP contribution in [0.4, 0.5) is 5.69 Å². The quantitative estimate of drug-likeness (QED) is 0.842. The SMILES string of the molecule is COc1ccc2ncc(N)cc2c1.Cl.Cl. The smallest absolute Gasteiger partial charge is 0.119 e. The maximum atomic E-state index is 5.61. The maximum absolute atomic E-state index is 5.61. The number of rotatable bonds is 1. The van der Waals surface area contributed by atoms with Crippen LogP contribution >= 0.6 is 24.8 Å². The lowest BCUT2D eigenvalue weighted by atomic mass is 10.2. The highest BCUT2D eigenvalue weighted by Gasteiger charge is 1.97. The Labute approximate surface area is 100 Å². The first kappa shape index (κ1) is 13.8. The van der Waals surface area contributed by atoms with E-state index in [0.717, 1.165) is 16.7 Å². The van der Waals surface area contributed by atoms with Gasteiger partial charge in [0.25, 0.3) is 0 Å². The second-order valence-corrected chi connectivity index (χ2v) is 2.83. The molecule has 2 rings (SSSR count). The van der Waals surface area contributed by atoms with Gasteiger partial charge in [-0.3, -0.25) is 4.98 Å². The van der Waals surface area contributed by atoms with E-state index in [4.69, 9.17) is 10.5 Å². The topological polar surface area (TPSA) is 48.1 Å². The van der Waals surface area contributed by atoms with E-state index in [1.54, 1.807) is 13.3 Å². The van der Waals surface area contributed by atoms with Crippen molar-refractivity contribution >= 4 is 41.4 Å². The van der Waals surface area contributed by atoms with Crippen molar-refractivity contribution in [2.45, 2.75) is 0 Å². The van der Waals surface area contributed by atoms with Crippen LogP contribution in [0.3, 0.4) is 0 Å². The summed E-state index contributed by atoms with van der Waals surface area (Å²) in [4.78, 5) is 4.18. The molecular formula is C10H12Cl2N2O. The van der Waals surface area contributed by atoms with Gasteiger partial charge in [-0.05, 0) is 24.3 Å². The average molecular weight is 247 g/mol. The molecule has 5 heteroatoms. The number of methoxy groups -OCH3 is 1. The summed E-state index contributed by atoms with van der Waals surface area (Å²) in [5.41, 5.74) is 7.21. The monoisotopic (exact) mass is 246 g/mol. The van der Waals surface area contributed by atoms with Crippen molar-refractivity contribution in [2.24, 2.45) is 0 Å². The van der Waals surface area contributed by atoms with Gasteiger partial charge in [0.2, 0.25) is 0 Å². The van der Waals surface area contributed by atoms with Crippen LogP contribution in [-0.4, -0.2) is 12.1 Å². The van der Waals surface area contributed by atoms with Gasteiger partial charge >= 0.3 is 0 Å². The van der Waals surface area contributed by atoms with Crippen LogP contribution < -0.4 is 10.5 Å². The molecule has 0 saturated carbocycles. The molecule has 0 radical (unpaired) electrons. The molecule has 0 aliphatic carbocycles. The molecule has 2 aromatic rings. The van der Waals surface area contributed by atoms with Crippen molar-refractivity contribution in [1.82, 2.24) is 4.98 Å². The third kappa shape index (κ3) is 2.88. The lowest BCUT2D eigenvalue weighted by Crippen LogP contribution is -1.88. The average Bonchev–Trinajstić information content (AvgIpc) is 2.16. The number of benzene rings is 1. The Morgan fingerprint density at radius 1 is 1.20 bits per heavy atom. The number of hydrogen-bond donors (Lipinski definition) is 1. The fourth-order valence-electron chi connectivity index (χ4n) is 1.25. The zero-order valence-electron chi connectivity index (χ0n) is 8.14. The van der Waals surface area contributed by atoms with Crippen molar-refractivity contribution in [3.63, 3.8) is 0 Å². The van der Waals surface area contributed by atoms with Crippen molar-refractivity contribution in [3.8, 4) is 5.75 Å². The second kappa shape index (κ2) is 5.63. The van der Waals surface area contributed by atoms with Gasteiger partial charge in [-0.1, -0.05) is 0 Å². The van der Waals surface area contributed by atoms with Crippen LogP contribution in [-0.2, 0) is 0 Å². The molecule has 3 nitrogen and oxygen atoms in total. The summed E-state index contributed by atoms with van der Waals surface area (Å²) < 4.78 is 5.09. The Bertz CT molecular complexity index is 448. The largest absolute Gasteiger partial charge is 0.497 e. The summed E-state index contributed by atoms with van der Waals surface area (Å²) in [6.07, 6.45) is 1.65. The summed E-state index contributed by atoms with van der Waals surface area (Å²) >= 11 is 0. The van der Waals surface area contributed by atoms with Gasteiger partial charge in [0.15, 0.2) is 0 Å². The maximum Gasteiger partial charge on any atom is 0.119 e. The molecule has 82 valence electrons. The summed E-state index contributed by atoms with van der Waals surface area (Å²) in [6.45, 7) is 0. The first-order chi connectivity index (χ1) is 6.29. The Morgan fingerprint density at radius 3 is 2.60 bits per heavy atom. The summed E-state index contributed by atoms with van der Waals surface area (Å²) in [5.74, 6) is 0.819. The first-order valence-corrected chi connectivity index (χ1v) is 3.99. The fraction of sp³-hybridized carbons (Fsp3) is 0.100. The minimum absolute atomic E-state index is 0. The highest BCUT2D eigenvalue weighted by molar-refractivity contribution is 5.85. The van der Waals surface area contributed by atoms with Crippen molar-refractivity contribution in [2.75, 3.05) is 12.8 Å². The minimum Gasteiger partial charge on any atom is -0.497 e. The van der Waals surface area contributed by atoms with E-state index in [-0.39, 0.29) is 24.8 Å². The van der Waals surface area contributed by atoms with E-state index in [1.807, 2.05) is 24.3 Å². The number of nitrogens with zero attached hydrogens (tertiary/aromatic N) is 1. The fourth-order valence-corrected chi connectivity index (χ4v) is 1.25. The molecule has 1 aromatic heterocycles.